The molecule has 6 heteroatoms. The molecule has 2 aromatic rings. The van der Waals surface area contributed by atoms with Crippen LogP contribution in [0.15, 0.2) is 54.6 Å². The molecule has 0 aliphatic heterocycles. The first-order chi connectivity index (χ1) is 11.2. The minimum absolute atomic E-state index is 0. The highest BCUT2D eigenvalue weighted by atomic mass is 35.5. The summed E-state index contributed by atoms with van der Waals surface area (Å²) in [5.74, 6) is 0.558. The molecule has 2 rings (SSSR count). The number of methoxy groups -OCH3 is 2. The van der Waals surface area contributed by atoms with Gasteiger partial charge in [-0.2, -0.15) is 0 Å². The number of rotatable bonds is 7. The lowest BCUT2D eigenvalue weighted by atomic mass is 10.1. The summed E-state index contributed by atoms with van der Waals surface area (Å²) in [7, 11) is 3.14. The van der Waals surface area contributed by atoms with Crippen LogP contribution in [0.5, 0.6) is 5.75 Å². The highest BCUT2D eigenvalue weighted by molar-refractivity contribution is 5.97. The number of carbonyl (C=O) groups excluding carboxylic acids is 1. The van der Waals surface area contributed by atoms with Crippen molar-refractivity contribution in [3.63, 3.8) is 0 Å². The third-order valence-electron chi connectivity index (χ3n) is 3.50. The van der Waals surface area contributed by atoms with Gasteiger partial charge >= 0.3 is 0 Å². The molecule has 0 heterocycles. The molecule has 0 aromatic heterocycles. The molecule has 0 saturated carbocycles. The number of nitrogens with zero attached hydrogens (tertiary/aromatic N) is 1. The van der Waals surface area contributed by atoms with Crippen LogP contribution in [-0.2, 0) is 16.1 Å². The zero-order valence-electron chi connectivity index (χ0n) is 13.8. The maximum absolute atomic E-state index is 12.7. The number of nitrogens with two attached hydrogens (primary N) is 1. The maximum atomic E-state index is 12.7. The molecule has 1 unspecified atom stereocenters. The topological polar surface area (TPSA) is 64.8 Å². The van der Waals surface area contributed by atoms with Crippen LogP contribution < -0.4 is 15.4 Å². The van der Waals surface area contributed by atoms with E-state index in [1.165, 1.54) is 7.11 Å². The Hall–Kier alpha value is -2.08. The Morgan fingerprint density at radius 3 is 2.25 bits per heavy atom. The standard InChI is InChI=1S/C18H22N2O3.ClH/c1-22-13-17(19)18(21)20(12-14-6-4-3-5-7-14)15-8-10-16(23-2)11-9-15;/h3-11,17H,12-13,19H2,1-2H3;1H. The van der Waals surface area contributed by atoms with E-state index in [0.29, 0.717) is 6.54 Å². The van der Waals surface area contributed by atoms with Crippen molar-refractivity contribution in [3.8, 4) is 5.75 Å². The minimum atomic E-state index is -0.703. The predicted octanol–water partition coefficient (Wildman–Crippen LogP) is 2.62. The second-order valence-electron chi connectivity index (χ2n) is 5.17. The summed E-state index contributed by atoms with van der Waals surface area (Å²) in [5.41, 5.74) is 7.73. The molecule has 0 aliphatic rings. The van der Waals surface area contributed by atoms with Crippen LogP contribution in [-0.4, -0.2) is 32.8 Å². The number of amides is 1. The van der Waals surface area contributed by atoms with Crippen LogP contribution in [0.1, 0.15) is 5.56 Å². The third kappa shape index (κ3) is 5.23. The average molecular weight is 351 g/mol. The fourth-order valence-corrected chi connectivity index (χ4v) is 2.28. The molecule has 0 spiro atoms. The van der Waals surface area contributed by atoms with E-state index >= 15 is 0 Å². The number of hydrogen-bond donors (Lipinski definition) is 1. The number of benzene rings is 2. The van der Waals surface area contributed by atoms with Gasteiger partial charge < -0.3 is 20.1 Å². The molecule has 0 radical (unpaired) electrons. The Morgan fingerprint density at radius 2 is 1.71 bits per heavy atom. The van der Waals surface area contributed by atoms with Crippen LogP contribution in [0.2, 0.25) is 0 Å². The lowest BCUT2D eigenvalue weighted by Crippen LogP contribution is -2.46. The maximum Gasteiger partial charge on any atom is 0.246 e. The van der Waals surface area contributed by atoms with Crippen molar-refractivity contribution in [1.29, 1.82) is 0 Å². The number of carbonyl (C=O) groups is 1. The molecule has 5 nitrogen and oxygen atoms in total. The van der Waals surface area contributed by atoms with Gasteiger partial charge in [-0.3, -0.25) is 4.79 Å². The summed E-state index contributed by atoms with van der Waals surface area (Å²) in [5, 5.41) is 0. The first kappa shape index (κ1) is 20.0. The van der Waals surface area contributed by atoms with Gasteiger partial charge in [0.1, 0.15) is 11.8 Å². The average Bonchev–Trinajstić information content (AvgIpc) is 2.60. The summed E-state index contributed by atoms with van der Waals surface area (Å²) in [6, 6.07) is 16.4. The molecule has 0 saturated heterocycles. The molecule has 1 amide bonds. The quantitative estimate of drug-likeness (QED) is 0.833. The van der Waals surface area contributed by atoms with Gasteiger partial charge in [-0.15, -0.1) is 12.4 Å². The number of hydrogen-bond acceptors (Lipinski definition) is 4. The Bertz CT molecular complexity index is 620. The van der Waals surface area contributed by atoms with Gasteiger partial charge in [0.2, 0.25) is 5.91 Å². The summed E-state index contributed by atoms with van der Waals surface area (Å²) < 4.78 is 10.2. The van der Waals surface area contributed by atoms with E-state index in [-0.39, 0.29) is 24.9 Å². The Balaban J connectivity index is 0.00000288. The highest BCUT2D eigenvalue weighted by Crippen LogP contribution is 2.22. The molecule has 0 bridgehead atoms. The molecule has 0 fully saturated rings. The van der Waals surface area contributed by atoms with Crippen LogP contribution in [0.4, 0.5) is 5.69 Å². The van der Waals surface area contributed by atoms with Crippen molar-refractivity contribution in [2.24, 2.45) is 5.73 Å². The first-order valence-corrected chi connectivity index (χ1v) is 7.39. The molecular formula is C18H23ClN2O3. The van der Waals surface area contributed by atoms with Crippen molar-refractivity contribution >= 4 is 24.0 Å². The molecule has 1 atom stereocenters. The lowest BCUT2D eigenvalue weighted by molar-refractivity contribution is -0.121. The van der Waals surface area contributed by atoms with Gasteiger partial charge in [0.05, 0.1) is 20.3 Å². The number of anilines is 1. The normalized spacial score (nSPS) is 11.3. The van der Waals surface area contributed by atoms with Crippen LogP contribution >= 0.6 is 12.4 Å². The van der Waals surface area contributed by atoms with E-state index in [0.717, 1.165) is 17.0 Å². The second-order valence-corrected chi connectivity index (χ2v) is 5.17. The van der Waals surface area contributed by atoms with Gasteiger partial charge in [-0.25, -0.2) is 0 Å². The summed E-state index contributed by atoms with van der Waals surface area (Å²) in [6.07, 6.45) is 0. The van der Waals surface area contributed by atoms with Gasteiger partial charge in [-0.1, -0.05) is 30.3 Å². The first-order valence-electron chi connectivity index (χ1n) is 7.39. The van der Waals surface area contributed by atoms with Gasteiger partial charge in [0.15, 0.2) is 0 Å². The van der Waals surface area contributed by atoms with Crippen molar-refractivity contribution in [2.75, 3.05) is 25.7 Å². The molecule has 2 aromatic carbocycles. The molecular weight excluding hydrogens is 328 g/mol. The predicted molar refractivity (Wildman–Crippen MR) is 97.7 cm³/mol. The summed E-state index contributed by atoms with van der Waals surface area (Å²) in [4.78, 5) is 14.3. The van der Waals surface area contributed by atoms with Crippen LogP contribution in [0.25, 0.3) is 0 Å². The van der Waals surface area contributed by atoms with Crippen molar-refractivity contribution in [1.82, 2.24) is 0 Å². The summed E-state index contributed by atoms with van der Waals surface area (Å²) >= 11 is 0. The van der Waals surface area contributed by atoms with E-state index < -0.39 is 6.04 Å². The number of halogens is 1. The van der Waals surface area contributed by atoms with Crippen molar-refractivity contribution in [2.45, 2.75) is 12.6 Å². The number of ether oxygens (including phenoxy) is 2. The van der Waals surface area contributed by atoms with Gasteiger partial charge in [-0.05, 0) is 29.8 Å². The van der Waals surface area contributed by atoms with E-state index in [2.05, 4.69) is 0 Å². The molecule has 2 N–H and O–H groups in total. The monoisotopic (exact) mass is 350 g/mol. The SMILES string of the molecule is COCC(N)C(=O)N(Cc1ccccc1)c1ccc(OC)cc1.Cl. The van der Waals surface area contributed by atoms with E-state index in [1.54, 1.807) is 12.0 Å². The smallest absolute Gasteiger partial charge is 0.246 e. The lowest BCUT2D eigenvalue weighted by Gasteiger charge is -2.26. The van der Waals surface area contributed by atoms with Gasteiger partial charge in [0, 0.05) is 12.8 Å². The van der Waals surface area contributed by atoms with Crippen molar-refractivity contribution < 1.29 is 14.3 Å². The Kier molecular flexibility index (Phi) is 8.26. The molecule has 24 heavy (non-hydrogen) atoms. The van der Waals surface area contributed by atoms with Gasteiger partial charge in [0.25, 0.3) is 0 Å². The van der Waals surface area contributed by atoms with Crippen LogP contribution in [0.3, 0.4) is 0 Å². The second kappa shape index (κ2) is 9.93. The zero-order valence-corrected chi connectivity index (χ0v) is 14.7. The van der Waals surface area contributed by atoms with Crippen LogP contribution in [0, 0.1) is 0 Å². The van der Waals surface area contributed by atoms with Crippen molar-refractivity contribution in [3.05, 3.63) is 60.2 Å². The van der Waals surface area contributed by atoms with E-state index in [1.807, 2.05) is 54.6 Å². The molecule has 130 valence electrons. The highest BCUT2D eigenvalue weighted by Gasteiger charge is 2.22. The fraction of sp³-hybridized carbons (Fsp3) is 0.278. The third-order valence-corrected chi connectivity index (χ3v) is 3.50. The Morgan fingerprint density at radius 1 is 1.08 bits per heavy atom. The van der Waals surface area contributed by atoms with E-state index in [9.17, 15) is 4.79 Å². The Labute approximate surface area is 148 Å². The molecule has 0 aliphatic carbocycles. The fourth-order valence-electron chi connectivity index (χ4n) is 2.28. The summed E-state index contributed by atoms with van der Waals surface area (Å²) in [6.45, 7) is 0.629. The largest absolute Gasteiger partial charge is 0.497 e. The van der Waals surface area contributed by atoms with E-state index in [4.69, 9.17) is 15.2 Å². The zero-order chi connectivity index (χ0) is 16.7. The minimum Gasteiger partial charge on any atom is -0.497 e.